The van der Waals surface area contributed by atoms with Gasteiger partial charge in [-0.05, 0) is 93.1 Å². The Morgan fingerprint density at radius 1 is 1.05 bits per heavy atom. The van der Waals surface area contributed by atoms with Gasteiger partial charge in [0.05, 0.1) is 30.1 Å². The van der Waals surface area contributed by atoms with Crippen molar-refractivity contribution in [2.45, 2.75) is 62.4 Å². The largest absolute Gasteiger partial charge is 0.390 e. The maximum absolute atomic E-state index is 13.7. The van der Waals surface area contributed by atoms with Crippen molar-refractivity contribution in [3.63, 3.8) is 0 Å². The fourth-order valence-electron chi connectivity index (χ4n) is 6.50. The molecule has 5 fully saturated rings. The Hall–Kier alpha value is -2.53. The molecule has 1 aromatic heterocycles. The molecular weight excluding hydrogens is 536 g/mol. The summed E-state index contributed by atoms with van der Waals surface area (Å²) in [4.78, 5) is 25.5. The van der Waals surface area contributed by atoms with Crippen molar-refractivity contribution in [3.05, 3.63) is 42.0 Å². The molecule has 10 heteroatoms. The Labute approximate surface area is 247 Å². The molecule has 2 saturated carbocycles. The smallest absolute Gasteiger partial charge is 0.258 e. The van der Waals surface area contributed by atoms with Gasteiger partial charge in [0.1, 0.15) is 11.6 Å². The Balaban J connectivity index is 1.07. The first-order chi connectivity index (χ1) is 19.9. The lowest BCUT2D eigenvalue weighted by molar-refractivity contribution is 0.00170. The van der Waals surface area contributed by atoms with E-state index in [1.54, 1.807) is 11.9 Å². The van der Waals surface area contributed by atoms with Gasteiger partial charge < -0.3 is 29.7 Å². The van der Waals surface area contributed by atoms with Crippen molar-refractivity contribution in [1.29, 1.82) is 0 Å². The van der Waals surface area contributed by atoms with Crippen LogP contribution in [0, 0.1) is 5.41 Å². The second-order valence-corrected chi connectivity index (χ2v) is 14.2. The summed E-state index contributed by atoms with van der Waals surface area (Å²) >= 11 is 1.80. The first-order valence-corrected chi connectivity index (χ1v) is 16.1. The highest BCUT2D eigenvalue weighted by atomic mass is 32.2. The quantitative estimate of drug-likeness (QED) is 0.379. The zero-order valence-corrected chi connectivity index (χ0v) is 24.8. The molecule has 5 aliphatic rings. The van der Waals surface area contributed by atoms with E-state index < -0.39 is 0 Å². The highest BCUT2D eigenvalue weighted by Crippen LogP contribution is 2.54. The Morgan fingerprint density at radius 3 is 2.56 bits per heavy atom. The summed E-state index contributed by atoms with van der Waals surface area (Å²) in [6.45, 7) is 8.90. The van der Waals surface area contributed by atoms with Crippen molar-refractivity contribution < 1.29 is 14.6 Å². The Kier molecular flexibility index (Phi) is 7.29. The fourth-order valence-corrected chi connectivity index (χ4v) is 7.52. The molecule has 1 amide bonds. The van der Waals surface area contributed by atoms with E-state index in [-0.39, 0.29) is 22.9 Å². The average molecular weight is 579 g/mol. The number of carbonyl (C=O) groups excluding carboxylic acids is 1. The predicted molar refractivity (Wildman–Crippen MR) is 165 cm³/mol. The van der Waals surface area contributed by atoms with Gasteiger partial charge in [-0.1, -0.05) is 6.07 Å². The van der Waals surface area contributed by atoms with Gasteiger partial charge in [-0.15, -0.1) is 0 Å². The summed E-state index contributed by atoms with van der Waals surface area (Å²) in [7, 11) is 0. The minimum Gasteiger partial charge on any atom is -0.390 e. The third-order valence-corrected chi connectivity index (χ3v) is 10.9. The summed E-state index contributed by atoms with van der Waals surface area (Å²) in [6.07, 6.45) is 7.49. The Morgan fingerprint density at radius 2 is 1.85 bits per heavy atom. The van der Waals surface area contributed by atoms with Gasteiger partial charge in [0.15, 0.2) is 0 Å². The highest BCUT2D eigenvalue weighted by Gasteiger charge is 2.47. The molecule has 2 aliphatic carbocycles. The molecule has 1 spiro atoms. The third-order valence-electron chi connectivity index (χ3n) is 9.55. The van der Waals surface area contributed by atoms with Crippen LogP contribution < -0.4 is 19.8 Å². The van der Waals surface area contributed by atoms with Gasteiger partial charge in [0, 0.05) is 56.2 Å². The number of ether oxygens (including phenoxy) is 1. The van der Waals surface area contributed by atoms with Crippen molar-refractivity contribution in [3.8, 4) is 0 Å². The molecule has 3 N–H and O–H groups in total. The van der Waals surface area contributed by atoms with Crippen LogP contribution in [-0.4, -0.2) is 90.3 Å². The number of benzene rings is 1. The SMILES string of the molecule is CC1CN(c2cccc(NC(=O)c3ccc(NSC4(CN5CC(O)C5)CC4)cc3N3CCC4(CC3)CC4)n2)CCO1. The van der Waals surface area contributed by atoms with Crippen LogP contribution in [0.3, 0.4) is 0 Å². The molecule has 3 saturated heterocycles. The molecule has 0 radical (unpaired) electrons. The average Bonchev–Trinajstić information content (AvgIpc) is 3.90. The van der Waals surface area contributed by atoms with Crippen LogP contribution in [0.15, 0.2) is 36.4 Å². The number of likely N-dealkylation sites (tertiary alicyclic amines) is 1. The summed E-state index contributed by atoms with van der Waals surface area (Å²) in [5.41, 5.74) is 3.28. The summed E-state index contributed by atoms with van der Waals surface area (Å²) in [5.74, 6) is 1.31. The van der Waals surface area contributed by atoms with Crippen LogP contribution in [0.2, 0.25) is 0 Å². The molecule has 3 aliphatic heterocycles. The number of nitrogens with one attached hydrogen (secondary N) is 2. The molecule has 220 valence electrons. The molecule has 1 unspecified atom stereocenters. The number of morpholine rings is 1. The summed E-state index contributed by atoms with van der Waals surface area (Å²) in [5, 5.41) is 12.8. The van der Waals surface area contributed by atoms with Crippen LogP contribution >= 0.6 is 11.9 Å². The topological polar surface area (TPSA) is 93.2 Å². The van der Waals surface area contributed by atoms with Gasteiger partial charge in [0.2, 0.25) is 0 Å². The van der Waals surface area contributed by atoms with E-state index in [0.717, 1.165) is 63.0 Å². The van der Waals surface area contributed by atoms with E-state index in [4.69, 9.17) is 9.72 Å². The highest BCUT2D eigenvalue weighted by molar-refractivity contribution is 8.02. The third kappa shape index (κ3) is 6.16. The first kappa shape index (κ1) is 27.3. The lowest BCUT2D eigenvalue weighted by Crippen LogP contribution is -2.53. The van der Waals surface area contributed by atoms with Crippen molar-refractivity contribution in [2.24, 2.45) is 5.41 Å². The number of anilines is 4. The summed E-state index contributed by atoms with van der Waals surface area (Å²) < 4.78 is 9.53. The first-order valence-electron chi connectivity index (χ1n) is 15.3. The molecule has 9 nitrogen and oxygen atoms in total. The van der Waals surface area contributed by atoms with Gasteiger partial charge in [0.25, 0.3) is 5.91 Å². The molecule has 1 aromatic carbocycles. The number of aliphatic hydroxyl groups excluding tert-OH is 1. The number of rotatable bonds is 9. The number of β-amino-alcohol motifs (C(OH)–C–C–N with tert-alkyl or cyclic N) is 1. The van der Waals surface area contributed by atoms with Crippen molar-refractivity contribution in [1.82, 2.24) is 9.88 Å². The number of pyridine rings is 1. The van der Waals surface area contributed by atoms with E-state index in [0.29, 0.717) is 23.4 Å². The maximum Gasteiger partial charge on any atom is 0.258 e. The van der Waals surface area contributed by atoms with E-state index >= 15 is 0 Å². The number of aliphatic hydroxyl groups is 1. The van der Waals surface area contributed by atoms with Crippen LogP contribution in [0.25, 0.3) is 0 Å². The predicted octanol–water partition coefficient (Wildman–Crippen LogP) is 4.21. The number of hydrogen-bond acceptors (Lipinski definition) is 9. The maximum atomic E-state index is 13.7. The van der Waals surface area contributed by atoms with Crippen molar-refractivity contribution in [2.75, 3.05) is 72.3 Å². The molecular formula is C31H42N6O3S. The van der Waals surface area contributed by atoms with E-state index in [9.17, 15) is 9.90 Å². The zero-order chi connectivity index (χ0) is 28.0. The number of aromatic nitrogens is 1. The lowest BCUT2D eigenvalue weighted by Gasteiger charge is -2.38. The van der Waals surface area contributed by atoms with Gasteiger partial charge in [-0.3, -0.25) is 9.69 Å². The molecule has 1 atom stereocenters. The van der Waals surface area contributed by atoms with Crippen LogP contribution in [-0.2, 0) is 4.74 Å². The number of piperidine rings is 1. The molecule has 7 rings (SSSR count). The second-order valence-electron chi connectivity index (χ2n) is 12.9. The standard InChI is InChI=1S/C31H42N6O3S/c1-22-18-37(15-16-40-22)28-4-2-3-27(32-28)33-29(39)25-6-5-23(17-26(25)36-13-11-30(7-8-30)12-14-36)34-41-31(9-10-31)21-35-19-24(38)20-35/h2-6,17,22,24,34,38H,7-16,18-21H2,1H3,(H,32,33,39). The second kappa shape index (κ2) is 10.9. The van der Waals surface area contributed by atoms with Gasteiger partial charge in [-0.2, -0.15) is 0 Å². The van der Waals surface area contributed by atoms with E-state index in [1.807, 2.05) is 30.3 Å². The molecule has 41 heavy (non-hydrogen) atoms. The van der Waals surface area contributed by atoms with Crippen LogP contribution in [0.4, 0.5) is 23.0 Å². The summed E-state index contributed by atoms with van der Waals surface area (Å²) in [6, 6.07) is 12.0. The van der Waals surface area contributed by atoms with E-state index in [1.165, 1.54) is 38.5 Å². The Bertz CT molecular complexity index is 1270. The fraction of sp³-hybridized carbons (Fsp3) is 0.613. The monoisotopic (exact) mass is 578 g/mol. The zero-order valence-electron chi connectivity index (χ0n) is 24.0. The number of carbonyl (C=O) groups is 1. The number of hydrogen-bond donors (Lipinski definition) is 3. The lowest BCUT2D eigenvalue weighted by atomic mass is 9.93. The normalized spacial score (nSPS) is 25.1. The molecule has 4 heterocycles. The van der Waals surface area contributed by atoms with Crippen LogP contribution in [0.1, 0.15) is 55.8 Å². The minimum atomic E-state index is -0.162. The van der Waals surface area contributed by atoms with Crippen molar-refractivity contribution >= 4 is 40.9 Å². The number of amides is 1. The molecule has 2 aromatic rings. The van der Waals surface area contributed by atoms with Gasteiger partial charge >= 0.3 is 0 Å². The van der Waals surface area contributed by atoms with E-state index in [2.05, 4.69) is 37.7 Å². The van der Waals surface area contributed by atoms with Crippen LogP contribution in [0.5, 0.6) is 0 Å². The van der Waals surface area contributed by atoms with Gasteiger partial charge in [-0.25, -0.2) is 4.98 Å². The molecule has 0 bridgehead atoms. The minimum absolute atomic E-state index is 0.124. The number of nitrogens with zero attached hydrogens (tertiary/aromatic N) is 4.